The van der Waals surface area contributed by atoms with Gasteiger partial charge in [0.05, 0.1) is 25.6 Å². The molecule has 0 saturated carbocycles. The molecule has 9 heteroatoms. The zero-order valence-electron chi connectivity index (χ0n) is 15.8. The molecule has 2 heterocycles. The Balaban J connectivity index is 1.52. The predicted molar refractivity (Wildman–Crippen MR) is 106 cm³/mol. The van der Waals surface area contributed by atoms with Gasteiger partial charge in [-0.1, -0.05) is 42.5 Å². The van der Waals surface area contributed by atoms with Gasteiger partial charge in [0.25, 0.3) is 0 Å². The molecule has 4 rings (SSSR count). The molecule has 1 fully saturated rings. The molecule has 0 amide bonds. The first kappa shape index (κ1) is 19.7. The molecule has 0 aliphatic carbocycles. The summed E-state index contributed by atoms with van der Waals surface area (Å²) in [6.45, 7) is 2.28. The van der Waals surface area contributed by atoms with Crippen molar-refractivity contribution in [3.8, 4) is 5.75 Å². The number of nitrogens with zero attached hydrogens (tertiary/aromatic N) is 2. The van der Waals surface area contributed by atoms with Crippen LogP contribution in [0, 0.1) is 0 Å². The van der Waals surface area contributed by atoms with Crippen molar-refractivity contribution in [2.45, 2.75) is 12.7 Å². The third-order valence-corrected chi connectivity index (χ3v) is 6.25. The van der Waals surface area contributed by atoms with Crippen molar-refractivity contribution in [3.05, 3.63) is 60.2 Å². The van der Waals surface area contributed by atoms with Gasteiger partial charge in [0.1, 0.15) is 18.5 Å². The number of ether oxygens (including phenoxy) is 3. The van der Waals surface area contributed by atoms with Gasteiger partial charge in [0.2, 0.25) is 0 Å². The fourth-order valence-corrected chi connectivity index (χ4v) is 4.51. The quantitative estimate of drug-likeness (QED) is 0.688. The van der Waals surface area contributed by atoms with Crippen LogP contribution in [0.4, 0.5) is 10.5 Å². The Labute approximate surface area is 169 Å². The number of hydrogen-bond acceptors (Lipinski definition) is 7. The van der Waals surface area contributed by atoms with Crippen LogP contribution in [0.3, 0.4) is 0 Å². The zero-order chi connectivity index (χ0) is 20.3. The fourth-order valence-electron chi connectivity index (χ4n) is 3.35. The number of carbonyl (C=O) groups excluding carboxylic acids is 1. The van der Waals surface area contributed by atoms with E-state index in [4.69, 9.17) is 14.2 Å². The number of benzene rings is 2. The lowest BCUT2D eigenvalue weighted by molar-refractivity contribution is 0.0990. The van der Waals surface area contributed by atoms with Crippen LogP contribution in [0.1, 0.15) is 5.56 Å². The van der Waals surface area contributed by atoms with E-state index >= 15 is 0 Å². The van der Waals surface area contributed by atoms with Gasteiger partial charge in [-0.3, -0.25) is 9.21 Å². The van der Waals surface area contributed by atoms with Gasteiger partial charge in [0.15, 0.2) is 0 Å². The van der Waals surface area contributed by atoms with E-state index in [0.717, 1.165) is 10.8 Å². The molecule has 1 saturated heterocycles. The second kappa shape index (κ2) is 8.40. The lowest BCUT2D eigenvalue weighted by atomic mass is 10.2. The summed E-state index contributed by atoms with van der Waals surface area (Å²) in [6.07, 6.45) is -0.428. The Bertz CT molecular complexity index is 960. The number of hydrogen-bond donors (Lipinski definition) is 0. The maximum absolute atomic E-state index is 13.0. The maximum atomic E-state index is 13.0. The highest BCUT2D eigenvalue weighted by Gasteiger charge is 2.39. The van der Waals surface area contributed by atoms with Crippen LogP contribution in [0.15, 0.2) is 54.6 Å². The van der Waals surface area contributed by atoms with Crippen LogP contribution >= 0.6 is 0 Å². The summed E-state index contributed by atoms with van der Waals surface area (Å²) >= 11 is 0. The van der Waals surface area contributed by atoms with Crippen molar-refractivity contribution >= 4 is 21.0 Å². The second-order valence-electron chi connectivity index (χ2n) is 6.88. The molecule has 2 aliphatic rings. The third-order valence-electron chi connectivity index (χ3n) is 4.78. The average molecular weight is 418 g/mol. The van der Waals surface area contributed by atoms with E-state index < -0.39 is 21.4 Å². The van der Waals surface area contributed by atoms with Crippen LogP contribution in [0.5, 0.6) is 5.75 Å². The highest BCUT2D eigenvalue weighted by molar-refractivity contribution is 8.06. The monoisotopic (exact) mass is 418 g/mol. The smallest absolute Gasteiger partial charge is 0.445 e. The van der Waals surface area contributed by atoms with Crippen LogP contribution in [-0.4, -0.2) is 57.7 Å². The number of para-hydroxylation sites is 2. The van der Waals surface area contributed by atoms with E-state index in [0.29, 0.717) is 36.9 Å². The molecular formula is C20H22N2O6S. The van der Waals surface area contributed by atoms with E-state index in [1.165, 1.54) is 0 Å². The molecule has 0 N–H and O–H groups in total. The first-order valence-corrected chi connectivity index (χ1v) is 10.8. The van der Waals surface area contributed by atoms with Gasteiger partial charge in [-0.15, -0.1) is 0 Å². The van der Waals surface area contributed by atoms with Crippen LogP contribution in [0.2, 0.25) is 0 Å². The fraction of sp³-hybridized carbons (Fsp3) is 0.350. The van der Waals surface area contributed by atoms with E-state index in [1.54, 1.807) is 48.5 Å². The Hall–Kier alpha value is -2.62. The lowest BCUT2D eigenvalue weighted by Crippen LogP contribution is -2.49. The summed E-state index contributed by atoms with van der Waals surface area (Å²) in [5.41, 5.74) is 1.04. The highest BCUT2D eigenvalue weighted by atomic mass is 32.2. The van der Waals surface area contributed by atoms with Crippen molar-refractivity contribution in [1.29, 1.82) is 0 Å². The summed E-state index contributed by atoms with van der Waals surface area (Å²) in [5, 5.41) is -1.28. The Morgan fingerprint density at radius 1 is 1.10 bits per heavy atom. The summed E-state index contributed by atoms with van der Waals surface area (Å²) in [4.78, 5) is 14.5. The molecule has 1 atom stereocenters. The van der Waals surface area contributed by atoms with Gasteiger partial charge in [-0.05, 0) is 17.7 Å². The number of rotatable bonds is 5. The number of sulfonamides is 1. The van der Waals surface area contributed by atoms with Crippen molar-refractivity contribution < 1.29 is 27.4 Å². The van der Waals surface area contributed by atoms with E-state index in [-0.39, 0.29) is 13.2 Å². The maximum Gasteiger partial charge on any atom is 0.445 e. The minimum Gasteiger partial charge on any atom is -0.485 e. The Kier molecular flexibility index (Phi) is 5.70. The summed E-state index contributed by atoms with van der Waals surface area (Å²) < 4.78 is 43.5. The molecule has 2 aromatic rings. The van der Waals surface area contributed by atoms with Crippen LogP contribution in [-0.2, 0) is 26.1 Å². The van der Waals surface area contributed by atoms with E-state index in [2.05, 4.69) is 0 Å². The topological polar surface area (TPSA) is 85.4 Å². The minimum absolute atomic E-state index is 0.0241. The molecule has 0 unspecified atom stereocenters. The van der Waals surface area contributed by atoms with Gasteiger partial charge >= 0.3 is 15.3 Å². The molecule has 0 aromatic heterocycles. The molecule has 29 heavy (non-hydrogen) atoms. The second-order valence-corrected chi connectivity index (χ2v) is 8.61. The molecule has 0 spiro atoms. The van der Waals surface area contributed by atoms with E-state index in [1.807, 2.05) is 11.0 Å². The number of carbonyl (C=O) groups is 1. The summed E-state index contributed by atoms with van der Waals surface area (Å²) in [5.74, 6) is 0.420. The zero-order valence-corrected chi connectivity index (χ0v) is 16.6. The largest absolute Gasteiger partial charge is 0.485 e. The SMILES string of the molecule is O=C(OCc1ccccc1)S(=O)(=O)N1C[C@H](CN2CCOC2)Oc2ccccc21. The molecule has 0 bridgehead atoms. The van der Waals surface area contributed by atoms with Gasteiger partial charge in [-0.25, -0.2) is 4.79 Å². The average Bonchev–Trinajstić information content (AvgIpc) is 3.25. The Morgan fingerprint density at radius 2 is 1.86 bits per heavy atom. The van der Waals surface area contributed by atoms with E-state index in [9.17, 15) is 13.2 Å². The highest BCUT2D eigenvalue weighted by Crippen LogP contribution is 2.35. The number of anilines is 1. The van der Waals surface area contributed by atoms with Crippen LogP contribution < -0.4 is 9.04 Å². The molecule has 154 valence electrons. The lowest BCUT2D eigenvalue weighted by Gasteiger charge is -2.35. The minimum atomic E-state index is -4.37. The molecule has 8 nitrogen and oxygen atoms in total. The summed E-state index contributed by atoms with van der Waals surface area (Å²) in [6, 6.07) is 15.7. The first-order chi connectivity index (χ1) is 14.0. The van der Waals surface area contributed by atoms with Gasteiger partial charge in [-0.2, -0.15) is 8.42 Å². The molecular weight excluding hydrogens is 396 g/mol. The van der Waals surface area contributed by atoms with Crippen LogP contribution in [0.25, 0.3) is 0 Å². The van der Waals surface area contributed by atoms with Crippen molar-refractivity contribution in [2.24, 2.45) is 0 Å². The molecule has 0 radical (unpaired) electrons. The first-order valence-electron chi connectivity index (χ1n) is 9.33. The molecule has 2 aromatic carbocycles. The van der Waals surface area contributed by atoms with Gasteiger partial charge < -0.3 is 14.2 Å². The van der Waals surface area contributed by atoms with Crippen molar-refractivity contribution in [2.75, 3.05) is 37.3 Å². The standard InChI is InChI=1S/C20H22N2O6S/c23-20(27-14-16-6-2-1-3-7-16)29(24,25)22-13-17(12-21-10-11-26-15-21)28-19-9-5-4-8-18(19)22/h1-9,17H,10-15H2/t17-/m0/s1. The third kappa shape index (κ3) is 4.36. The van der Waals surface area contributed by atoms with Crippen molar-refractivity contribution in [3.63, 3.8) is 0 Å². The normalized spacial score (nSPS) is 19.4. The van der Waals surface area contributed by atoms with Gasteiger partial charge in [0, 0.05) is 13.1 Å². The Morgan fingerprint density at radius 3 is 2.62 bits per heavy atom. The number of fused-ring (bicyclic) bond motifs is 1. The predicted octanol–water partition coefficient (Wildman–Crippen LogP) is 2.21. The van der Waals surface area contributed by atoms with Crippen molar-refractivity contribution in [1.82, 2.24) is 4.90 Å². The summed E-state index contributed by atoms with van der Waals surface area (Å²) in [7, 11) is -4.37. The molecule has 2 aliphatic heterocycles.